The molecular weight excluding hydrogens is 202 g/mol. The molecule has 15 heavy (non-hydrogen) atoms. The van der Waals surface area contributed by atoms with Crippen LogP contribution in [0.2, 0.25) is 0 Å². The Balaban J connectivity index is 2.70. The molecule has 2 nitrogen and oxygen atoms in total. The van der Waals surface area contributed by atoms with Crippen LogP contribution in [0, 0.1) is 11.6 Å². The minimum Gasteiger partial charge on any atom is -0.457 e. The van der Waals surface area contributed by atoms with E-state index in [-0.39, 0.29) is 17.7 Å². The minimum absolute atomic E-state index is 0.00426. The van der Waals surface area contributed by atoms with E-state index in [1.54, 1.807) is 0 Å². The normalized spacial score (nSPS) is 9.80. The van der Waals surface area contributed by atoms with Gasteiger partial charge in [0.1, 0.15) is 6.61 Å². The highest BCUT2D eigenvalue weighted by molar-refractivity contribution is 5.86. The van der Waals surface area contributed by atoms with Crippen LogP contribution in [0.15, 0.2) is 30.4 Å². The average Bonchev–Trinajstić information content (AvgIpc) is 2.19. The van der Waals surface area contributed by atoms with E-state index in [0.29, 0.717) is 0 Å². The Morgan fingerprint density at radius 1 is 1.47 bits per heavy atom. The maximum absolute atomic E-state index is 13.1. The number of esters is 1. The van der Waals surface area contributed by atoms with Gasteiger partial charge in [0.25, 0.3) is 0 Å². The highest BCUT2D eigenvalue weighted by Gasteiger charge is 2.10. The molecular formula is C11H10F2O2. The van der Waals surface area contributed by atoms with Gasteiger partial charge in [-0.3, -0.25) is 0 Å². The van der Waals surface area contributed by atoms with Gasteiger partial charge >= 0.3 is 5.97 Å². The lowest BCUT2D eigenvalue weighted by molar-refractivity contribution is -0.140. The van der Waals surface area contributed by atoms with E-state index < -0.39 is 17.6 Å². The fourth-order valence-corrected chi connectivity index (χ4v) is 0.926. The summed E-state index contributed by atoms with van der Waals surface area (Å²) in [6, 6.07) is 3.70. The fraction of sp³-hybridized carbons (Fsp3) is 0.182. The van der Waals surface area contributed by atoms with Crippen LogP contribution >= 0.6 is 0 Å². The van der Waals surface area contributed by atoms with Crippen LogP contribution in [0.3, 0.4) is 0 Å². The van der Waals surface area contributed by atoms with Gasteiger partial charge in [-0.2, -0.15) is 0 Å². The fourth-order valence-electron chi connectivity index (χ4n) is 0.926. The van der Waals surface area contributed by atoms with Crippen molar-refractivity contribution >= 4 is 5.97 Å². The molecule has 1 aromatic carbocycles. The van der Waals surface area contributed by atoms with Gasteiger partial charge in [-0.05, 0) is 13.0 Å². The molecule has 0 heterocycles. The van der Waals surface area contributed by atoms with Crippen molar-refractivity contribution < 1.29 is 18.3 Å². The van der Waals surface area contributed by atoms with Crippen LogP contribution in [0.25, 0.3) is 0 Å². The van der Waals surface area contributed by atoms with Crippen LogP contribution < -0.4 is 0 Å². The quantitative estimate of drug-likeness (QED) is 0.568. The molecule has 0 aliphatic carbocycles. The Bertz CT molecular complexity index is 400. The zero-order valence-corrected chi connectivity index (χ0v) is 8.22. The molecule has 0 amide bonds. The topological polar surface area (TPSA) is 26.3 Å². The summed E-state index contributed by atoms with van der Waals surface area (Å²) in [5.74, 6) is -2.58. The molecule has 0 atom stereocenters. The Kier molecular flexibility index (Phi) is 3.55. The monoisotopic (exact) mass is 212 g/mol. The predicted octanol–water partition coefficient (Wildman–Crippen LogP) is 2.58. The molecule has 0 aromatic heterocycles. The number of rotatable bonds is 3. The number of hydrogen-bond donors (Lipinski definition) is 0. The van der Waals surface area contributed by atoms with E-state index in [9.17, 15) is 13.6 Å². The first-order valence-electron chi connectivity index (χ1n) is 4.28. The lowest BCUT2D eigenvalue weighted by Gasteiger charge is -2.05. The second kappa shape index (κ2) is 4.68. The number of carbonyl (C=O) groups is 1. The molecule has 4 heteroatoms. The van der Waals surface area contributed by atoms with Crippen LogP contribution in [0.5, 0.6) is 0 Å². The number of hydrogen-bond acceptors (Lipinski definition) is 2. The van der Waals surface area contributed by atoms with Crippen LogP contribution in [-0.2, 0) is 16.1 Å². The lowest BCUT2D eigenvalue weighted by Crippen LogP contribution is -2.06. The second-order valence-corrected chi connectivity index (χ2v) is 3.07. The molecule has 0 fully saturated rings. The Hall–Kier alpha value is -1.71. The van der Waals surface area contributed by atoms with E-state index in [1.165, 1.54) is 19.1 Å². The van der Waals surface area contributed by atoms with E-state index in [4.69, 9.17) is 0 Å². The minimum atomic E-state index is -0.994. The summed E-state index contributed by atoms with van der Waals surface area (Å²) in [4.78, 5) is 11.0. The number of benzene rings is 1. The molecule has 0 aliphatic heterocycles. The summed E-state index contributed by atoms with van der Waals surface area (Å²) in [6.45, 7) is 4.55. The molecule has 0 aliphatic rings. The largest absolute Gasteiger partial charge is 0.457 e. The maximum atomic E-state index is 13.1. The van der Waals surface area contributed by atoms with E-state index in [2.05, 4.69) is 11.3 Å². The summed E-state index contributed by atoms with van der Waals surface area (Å²) >= 11 is 0. The smallest absolute Gasteiger partial charge is 0.333 e. The number of halogens is 2. The van der Waals surface area contributed by atoms with Gasteiger partial charge in [-0.1, -0.05) is 18.7 Å². The molecule has 1 rings (SSSR count). The molecule has 0 spiro atoms. The van der Waals surface area contributed by atoms with E-state index in [1.807, 2.05) is 0 Å². The molecule has 0 N–H and O–H groups in total. The lowest BCUT2D eigenvalue weighted by atomic mass is 10.2. The molecule has 0 saturated heterocycles. The summed E-state index contributed by atoms with van der Waals surface area (Å²) in [6.07, 6.45) is 0. The number of carbonyl (C=O) groups excluding carboxylic acids is 1. The van der Waals surface area contributed by atoms with Crippen molar-refractivity contribution in [2.24, 2.45) is 0 Å². The zero-order valence-electron chi connectivity index (χ0n) is 8.22. The van der Waals surface area contributed by atoms with Crippen molar-refractivity contribution in [3.63, 3.8) is 0 Å². The molecule has 0 saturated carbocycles. The van der Waals surface area contributed by atoms with Crippen molar-refractivity contribution in [3.8, 4) is 0 Å². The maximum Gasteiger partial charge on any atom is 0.333 e. The third-order valence-electron chi connectivity index (χ3n) is 1.74. The standard InChI is InChI=1S/C11H10F2O2/c1-7(2)11(14)15-6-8-4-3-5-9(12)10(8)13/h3-5H,1,6H2,2H3. The van der Waals surface area contributed by atoms with Crippen LogP contribution in [-0.4, -0.2) is 5.97 Å². The number of ether oxygens (including phenoxy) is 1. The SMILES string of the molecule is C=C(C)C(=O)OCc1cccc(F)c1F. The highest BCUT2D eigenvalue weighted by Crippen LogP contribution is 2.12. The predicted molar refractivity (Wildman–Crippen MR) is 51.0 cm³/mol. The van der Waals surface area contributed by atoms with Gasteiger partial charge in [-0.15, -0.1) is 0 Å². The van der Waals surface area contributed by atoms with Crippen LogP contribution in [0.1, 0.15) is 12.5 Å². The highest BCUT2D eigenvalue weighted by atomic mass is 19.2. The second-order valence-electron chi connectivity index (χ2n) is 3.07. The van der Waals surface area contributed by atoms with Crippen molar-refractivity contribution in [1.29, 1.82) is 0 Å². The van der Waals surface area contributed by atoms with Crippen molar-refractivity contribution in [1.82, 2.24) is 0 Å². The van der Waals surface area contributed by atoms with Crippen molar-refractivity contribution in [2.45, 2.75) is 13.5 Å². The first kappa shape index (κ1) is 11.4. The summed E-state index contributed by atoms with van der Waals surface area (Å²) in [7, 11) is 0. The van der Waals surface area contributed by atoms with Gasteiger partial charge in [0.15, 0.2) is 11.6 Å². The average molecular weight is 212 g/mol. The van der Waals surface area contributed by atoms with Crippen molar-refractivity contribution in [2.75, 3.05) is 0 Å². The van der Waals surface area contributed by atoms with Crippen LogP contribution in [0.4, 0.5) is 8.78 Å². The van der Waals surface area contributed by atoms with Gasteiger partial charge in [0.05, 0.1) is 0 Å². The Labute approximate surface area is 86.2 Å². The summed E-state index contributed by atoms with van der Waals surface area (Å²) < 4.78 is 30.5. The third kappa shape index (κ3) is 2.87. The van der Waals surface area contributed by atoms with Gasteiger partial charge in [0.2, 0.25) is 0 Å². The third-order valence-corrected chi connectivity index (χ3v) is 1.74. The first-order valence-corrected chi connectivity index (χ1v) is 4.28. The molecule has 0 radical (unpaired) electrons. The molecule has 0 bridgehead atoms. The van der Waals surface area contributed by atoms with Gasteiger partial charge in [-0.25, -0.2) is 13.6 Å². The Morgan fingerprint density at radius 3 is 2.73 bits per heavy atom. The molecule has 1 aromatic rings. The molecule has 80 valence electrons. The summed E-state index contributed by atoms with van der Waals surface area (Å²) in [5, 5.41) is 0. The van der Waals surface area contributed by atoms with E-state index in [0.717, 1.165) is 6.07 Å². The summed E-state index contributed by atoms with van der Waals surface area (Å²) in [5.41, 5.74) is 0.219. The molecule has 0 unspecified atom stereocenters. The first-order chi connectivity index (χ1) is 7.02. The Morgan fingerprint density at radius 2 is 2.13 bits per heavy atom. The van der Waals surface area contributed by atoms with Gasteiger partial charge < -0.3 is 4.74 Å². The zero-order chi connectivity index (χ0) is 11.4. The van der Waals surface area contributed by atoms with Crippen molar-refractivity contribution in [3.05, 3.63) is 47.5 Å². The van der Waals surface area contributed by atoms with Gasteiger partial charge in [0, 0.05) is 11.1 Å². The van der Waals surface area contributed by atoms with E-state index >= 15 is 0 Å².